The lowest BCUT2D eigenvalue weighted by Crippen LogP contribution is -2.15. The molecule has 1 aromatic carbocycles. The summed E-state index contributed by atoms with van der Waals surface area (Å²) in [5.74, 6) is 0.363. The molecule has 2 N–H and O–H groups in total. The van der Waals surface area contributed by atoms with Crippen molar-refractivity contribution >= 4 is 10.0 Å². The first-order chi connectivity index (χ1) is 6.44. The molecule has 0 amide bonds. The van der Waals surface area contributed by atoms with Gasteiger partial charge in [-0.2, -0.15) is 0 Å². The summed E-state index contributed by atoms with van der Waals surface area (Å²) in [4.78, 5) is 0. The van der Waals surface area contributed by atoms with Crippen molar-refractivity contribution in [3.8, 4) is 5.75 Å². The highest BCUT2D eigenvalue weighted by atomic mass is 32.2. The van der Waals surface area contributed by atoms with E-state index in [-0.39, 0.29) is 5.75 Å². The molecule has 1 rings (SSSR count). The molecule has 1 aromatic rings. The Morgan fingerprint density at radius 1 is 1.43 bits per heavy atom. The SMILES string of the molecule is COc1cccc(C)c1CS(N)(=O)=O. The van der Waals surface area contributed by atoms with Gasteiger partial charge in [-0.15, -0.1) is 0 Å². The van der Waals surface area contributed by atoms with Crippen LogP contribution in [0.1, 0.15) is 11.1 Å². The molecule has 0 fully saturated rings. The number of benzene rings is 1. The van der Waals surface area contributed by atoms with Gasteiger partial charge in [0, 0.05) is 5.56 Å². The van der Waals surface area contributed by atoms with Crippen LogP contribution in [0.25, 0.3) is 0 Å². The lowest BCUT2D eigenvalue weighted by atomic mass is 10.1. The number of ether oxygens (including phenoxy) is 1. The first-order valence-electron chi connectivity index (χ1n) is 4.07. The molecule has 0 radical (unpaired) electrons. The maximum absolute atomic E-state index is 10.9. The van der Waals surface area contributed by atoms with Gasteiger partial charge in [-0.25, -0.2) is 13.6 Å². The molecule has 14 heavy (non-hydrogen) atoms. The van der Waals surface area contributed by atoms with E-state index < -0.39 is 10.0 Å². The molecule has 0 heterocycles. The monoisotopic (exact) mass is 215 g/mol. The second-order valence-corrected chi connectivity index (χ2v) is 4.68. The lowest BCUT2D eigenvalue weighted by molar-refractivity contribution is 0.410. The van der Waals surface area contributed by atoms with E-state index in [0.717, 1.165) is 5.56 Å². The van der Waals surface area contributed by atoms with E-state index in [9.17, 15) is 8.42 Å². The minimum absolute atomic E-state index is 0.192. The first kappa shape index (κ1) is 11.0. The van der Waals surface area contributed by atoms with E-state index >= 15 is 0 Å². The van der Waals surface area contributed by atoms with E-state index in [0.29, 0.717) is 11.3 Å². The van der Waals surface area contributed by atoms with Crippen LogP contribution in [0.4, 0.5) is 0 Å². The Hall–Kier alpha value is -1.07. The van der Waals surface area contributed by atoms with Crippen molar-refractivity contribution in [2.75, 3.05) is 7.11 Å². The van der Waals surface area contributed by atoms with E-state index in [1.54, 1.807) is 12.1 Å². The highest BCUT2D eigenvalue weighted by Gasteiger charge is 2.12. The molecule has 0 atom stereocenters. The topological polar surface area (TPSA) is 69.4 Å². The van der Waals surface area contributed by atoms with Gasteiger partial charge < -0.3 is 4.74 Å². The molecule has 0 unspecified atom stereocenters. The summed E-state index contributed by atoms with van der Waals surface area (Å²) in [6.45, 7) is 1.82. The second-order valence-electron chi connectivity index (χ2n) is 3.06. The zero-order valence-corrected chi connectivity index (χ0v) is 8.97. The van der Waals surface area contributed by atoms with E-state index in [2.05, 4.69) is 0 Å². The van der Waals surface area contributed by atoms with Crippen molar-refractivity contribution in [1.82, 2.24) is 0 Å². The largest absolute Gasteiger partial charge is 0.496 e. The van der Waals surface area contributed by atoms with Gasteiger partial charge in [-0.3, -0.25) is 0 Å². The Bertz CT molecular complexity index is 426. The molecule has 0 aromatic heterocycles. The summed E-state index contributed by atoms with van der Waals surface area (Å²) in [5, 5.41) is 4.98. The zero-order valence-electron chi connectivity index (χ0n) is 8.15. The van der Waals surface area contributed by atoms with Crippen LogP contribution in [0.2, 0.25) is 0 Å². The van der Waals surface area contributed by atoms with Crippen molar-refractivity contribution in [3.05, 3.63) is 29.3 Å². The Morgan fingerprint density at radius 3 is 2.57 bits per heavy atom. The summed E-state index contributed by atoms with van der Waals surface area (Å²) in [6, 6.07) is 5.34. The van der Waals surface area contributed by atoms with Gasteiger partial charge in [0.15, 0.2) is 0 Å². The quantitative estimate of drug-likeness (QED) is 0.810. The van der Waals surface area contributed by atoms with Crippen molar-refractivity contribution < 1.29 is 13.2 Å². The van der Waals surface area contributed by atoms with Crippen LogP contribution in [0.5, 0.6) is 5.75 Å². The molecule has 0 aliphatic rings. The van der Waals surface area contributed by atoms with Crippen molar-refractivity contribution in [2.45, 2.75) is 12.7 Å². The minimum Gasteiger partial charge on any atom is -0.496 e. The van der Waals surface area contributed by atoms with Gasteiger partial charge in [-0.05, 0) is 18.6 Å². The van der Waals surface area contributed by atoms with Crippen LogP contribution in [-0.2, 0) is 15.8 Å². The highest BCUT2D eigenvalue weighted by molar-refractivity contribution is 7.88. The third kappa shape index (κ3) is 2.71. The number of primary sulfonamides is 1. The van der Waals surface area contributed by atoms with Crippen LogP contribution < -0.4 is 9.88 Å². The first-order valence-corrected chi connectivity index (χ1v) is 5.78. The van der Waals surface area contributed by atoms with Gasteiger partial charge in [0.2, 0.25) is 10.0 Å². The lowest BCUT2D eigenvalue weighted by Gasteiger charge is -2.09. The molecular weight excluding hydrogens is 202 g/mol. The molecule has 78 valence electrons. The normalized spacial score (nSPS) is 11.4. The van der Waals surface area contributed by atoms with Gasteiger partial charge in [0.1, 0.15) is 5.75 Å². The maximum atomic E-state index is 10.9. The average Bonchev–Trinajstić information content (AvgIpc) is 2.06. The number of rotatable bonds is 3. The molecule has 0 saturated carbocycles. The predicted octanol–water partition coefficient (Wildman–Crippen LogP) is 0.792. The fraction of sp³-hybridized carbons (Fsp3) is 0.333. The van der Waals surface area contributed by atoms with Gasteiger partial charge >= 0.3 is 0 Å². The Labute approximate surface area is 83.7 Å². The van der Waals surface area contributed by atoms with E-state index in [4.69, 9.17) is 9.88 Å². The molecule has 0 aliphatic carbocycles. The van der Waals surface area contributed by atoms with Crippen LogP contribution in [0.15, 0.2) is 18.2 Å². The number of nitrogens with two attached hydrogens (primary N) is 1. The standard InChI is InChI=1S/C9H13NO3S/c1-7-4-3-5-9(13-2)8(7)6-14(10,11)12/h3-5H,6H2,1-2H3,(H2,10,11,12). The smallest absolute Gasteiger partial charge is 0.213 e. The van der Waals surface area contributed by atoms with Crippen LogP contribution >= 0.6 is 0 Å². The number of hydrogen-bond donors (Lipinski definition) is 1. The summed E-state index contributed by atoms with van der Waals surface area (Å²) >= 11 is 0. The molecule has 5 heteroatoms. The summed E-state index contributed by atoms with van der Waals surface area (Å²) in [5.41, 5.74) is 1.48. The number of aryl methyl sites for hydroxylation is 1. The molecule has 0 saturated heterocycles. The van der Waals surface area contributed by atoms with E-state index in [1.165, 1.54) is 7.11 Å². The molecule has 0 bridgehead atoms. The third-order valence-corrected chi connectivity index (χ3v) is 2.62. The number of methoxy groups -OCH3 is 1. The summed E-state index contributed by atoms with van der Waals surface area (Å²) in [7, 11) is -2.01. The molecule has 4 nitrogen and oxygen atoms in total. The Morgan fingerprint density at radius 2 is 2.07 bits per heavy atom. The molecular formula is C9H13NO3S. The Kier molecular flexibility index (Phi) is 3.13. The summed E-state index contributed by atoms with van der Waals surface area (Å²) in [6.07, 6.45) is 0. The molecule has 0 aliphatic heterocycles. The number of sulfonamides is 1. The predicted molar refractivity (Wildman–Crippen MR) is 54.5 cm³/mol. The third-order valence-electron chi connectivity index (χ3n) is 1.93. The fourth-order valence-electron chi connectivity index (χ4n) is 1.25. The average molecular weight is 215 g/mol. The molecule has 0 spiro atoms. The second kappa shape index (κ2) is 3.98. The number of hydrogen-bond acceptors (Lipinski definition) is 3. The van der Waals surface area contributed by atoms with Crippen molar-refractivity contribution in [1.29, 1.82) is 0 Å². The van der Waals surface area contributed by atoms with Gasteiger partial charge in [-0.1, -0.05) is 12.1 Å². The van der Waals surface area contributed by atoms with Crippen LogP contribution in [0, 0.1) is 6.92 Å². The highest BCUT2D eigenvalue weighted by Crippen LogP contribution is 2.22. The fourth-order valence-corrected chi connectivity index (χ4v) is 2.03. The van der Waals surface area contributed by atoms with E-state index in [1.807, 2.05) is 13.0 Å². The van der Waals surface area contributed by atoms with Crippen LogP contribution in [-0.4, -0.2) is 15.5 Å². The van der Waals surface area contributed by atoms with Gasteiger partial charge in [0.25, 0.3) is 0 Å². The summed E-state index contributed by atoms with van der Waals surface area (Å²) < 4.78 is 26.9. The zero-order chi connectivity index (χ0) is 10.8. The van der Waals surface area contributed by atoms with Crippen LogP contribution in [0.3, 0.4) is 0 Å². The maximum Gasteiger partial charge on any atom is 0.213 e. The minimum atomic E-state index is -3.51. The Balaban J connectivity index is 3.18. The van der Waals surface area contributed by atoms with Gasteiger partial charge in [0.05, 0.1) is 12.9 Å². The van der Waals surface area contributed by atoms with Crippen molar-refractivity contribution in [2.24, 2.45) is 5.14 Å². The van der Waals surface area contributed by atoms with Crippen molar-refractivity contribution in [3.63, 3.8) is 0 Å².